The van der Waals surface area contributed by atoms with Crippen molar-refractivity contribution in [3.8, 4) is 0 Å². The van der Waals surface area contributed by atoms with Crippen molar-refractivity contribution in [3.05, 3.63) is 33.9 Å². The first-order valence-electron chi connectivity index (χ1n) is 6.09. The van der Waals surface area contributed by atoms with Gasteiger partial charge in [-0.15, -0.1) is 0 Å². The molecule has 0 aliphatic rings. The van der Waals surface area contributed by atoms with Gasteiger partial charge in [-0.2, -0.15) is 4.31 Å². The van der Waals surface area contributed by atoms with Gasteiger partial charge in [-0.25, -0.2) is 8.42 Å². The fourth-order valence-electron chi connectivity index (χ4n) is 1.84. The monoisotopic (exact) mass is 302 g/mol. The third-order valence-corrected chi connectivity index (χ3v) is 4.95. The van der Waals surface area contributed by atoms with E-state index in [4.69, 9.17) is 5.11 Å². The molecule has 8 heteroatoms. The van der Waals surface area contributed by atoms with Gasteiger partial charge in [0.15, 0.2) is 0 Å². The van der Waals surface area contributed by atoms with E-state index in [1.807, 2.05) is 0 Å². The highest BCUT2D eigenvalue weighted by molar-refractivity contribution is 7.89. The van der Waals surface area contributed by atoms with Crippen LogP contribution >= 0.6 is 0 Å². The van der Waals surface area contributed by atoms with E-state index in [0.29, 0.717) is 5.56 Å². The topological polar surface area (TPSA) is 101 Å². The maximum absolute atomic E-state index is 12.4. The number of hydrogen-bond acceptors (Lipinski definition) is 5. The van der Waals surface area contributed by atoms with E-state index in [0.717, 1.165) is 10.4 Å². The molecular formula is C12H18N2O5S. The molecule has 0 aromatic heterocycles. The van der Waals surface area contributed by atoms with Crippen molar-refractivity contribution in [2.24, 2.45) is 0 Å². The Kier molecular flexibility index (Phi) is 5.21. The second-order valence-corrected chi connectivity index (χ2v) is 6.53. The van der Waals surface area contributed by atoms with E-state index < -0.39 is 14.9 Å². The van der Waals surface area contributed by atoms with Crippen molar-refractivity contribution in [1.82, 2.24) is 4.31 Å². The Morgan fingerprint density at radius 1 is 1.40 bits per heavy atom. The van der Waals surface area contributed by atoms with Crippen LogP contribution < -0.4 is 0 Å². The highest BCUT2D eigenvalue weighted by atomic mass is 32.2. The summed E-state index contributed by atoms with van der Waals surface area (Å²) >= 11 is 0. The van der Waals surface area contributed by atoms with E-state index in [1.54, 1.807) is 20.8 Å². The molecule has 0 fully saturated rings. The normalized spacial score (nSPS) is 12.1. The van der Waals surface area contributed by atoms with Crippen molar-refractivity contribution in [2.75, 3.05) is 13.2 Å². The molecule has 1 aromatic rings. The molecule has 1 N–H and O–H groups in total. The molecule has 0 radical (unpaired) electrons. The smallest absolute Gasteiger partial charge is 0.273 e. The zero-order valence-electron chi connectivity index (χ0n) is 11.6. The summed E-state index contributed by atoms with van der Waals surface area (Å²) in [6, 6.07) is 3.44. The van der Waals surface area contributed by atoms with Crippen LogP contribution in [-0.4, -0.2) is 41.9 Å². The Hall–Kier alpha value is -1.51. The molecule has 0 unspecified atom stereocenters. The van der Waals surface area contributed by atoms with Crippen LogP contribution in [0, 0.1) is 17.0 Å². The Balaban J connectivity index is 3.34. The molecule has 1 rings (SSSR count). The minimum absolute atomic E-state index is 0.0539. The summed E-state index contributed by atoms with van der Waals surface area (Å²) in [6.07, 6.45) is 0. The average molecular weight is 302 g/mol. The van der Waals surface area contributed by atoms with Gasteiger partial charge in [0.25, 0.3) is 5.69 Å². The zero-order chi connectivity index (χ0) is 15.5. The molecule has 112 valence electrons. The van der Waals surface area contributed by atoms with Crippen LogP contribution in [0.25, 0.3) is 0 Å². The number of benzene rings is 1. The summed E-state index contributed by atoms with van der Waals surface area (Å²) in [4.78, 5) is 10.1. The summed E-state index contributed by atoms with van der Waals surface area (Å²) in [6.45, 7) is 4.53. The van der Waals surface area contributed by atoms with Crippen molar-refractivity contribution in [3.63, 3.8) is 0 Å². The van der Waals surface area contributed by atoms with E-state index >= 15 is 0 Å². The number of aliphatic hydroxyl groups excluding tert-OH is 1. The largest absolute Gasteiger partial charge is 0.395 e. The van der Waals surface area contributed by atoms with Gasteiger partial charge in [-0.3, -0.25) is 10.1 Å². The number of rotatable bonds is 6. The van der Waals surface area contributed by atoms with Crippen LogP contribution in [-0.2, 0) is 10.0 Å². The van der Waals surface area contributed by atoms with Gasteiger partial charge >= 0.3 is 0 Å². The van der Waals surface area contributed by atoms with Crippen LogP contribution in [0.2, 0.25) is 0 Å². The van der Waals surface area contributed by atoms with Gasteiger partial charge in [0, 0.05) is 24.2 Å². The Morgan fingerprint density at radius 2 is 2.00 bits per heavy atom. The molecule has 0 spiro atoms. The molecule has 20 heavy (non-hydrogen) atoms. The molecule has 0 aliphatic carbocycles. The number of sulfonamides is 1. The summed E-state index contributed by atoms with van der Waals surface area (Å²) < 4.78 is 26.0. The third-order valence-electron chi connectivity index (χ3n) is 2.88. The van der Waals surface area contributed by atoms with Crippen LogP contribution in [0.3, 0.4) is 0 Å². The first-order chi connectivity index (χ1) is 9.21. The number of nitrogens with zero attached hydrogens (tertiary/aromatic N) is 2. The average Bonchev–Trinajstić information content (AvgIpc) is 2.35. The molecule has 0 atom stereocenters. The maximum atomic E-state index is 12.4. The predicted octanol–water partition coefficient (Wildman–Crippen LogP) is 1.29. The molecule has 0 aliphatic heterocycles. The molecule has 0 amide bonds. The third kappa shape index (κ3) is 3.33. The number of aryl methyl sites for hydroxylation is 1. The number of hydrogen-bond donors (Lipinski definition) is 1. The molecule has 0 bridgehead atoms. The number of aliphatic hydroxyl groups is 1. The van der Waals surface area contributed by atoms with Crippen LogP contribution in [0.5, 0.6) is 0 Å². The lowest BCUT2D eigenvalue weighted by molar-refractivity contribution is -0.385. The van der Waals surface area contributed by atoms with Gasteiger partial charge in [0.05, 0.1) is 16.4 Å². The van der Waals surface area contributed by atoms with Gasteiger partial charge in [-0.05, 0) is 26.8 Å². The molecule has 1 aromatic carbocycles. The van der Waals surface area contributed by atoms with Crippen molar-refractivity contribution in [1.29, 1.82) is 0 Å². The Labute approximate surface area is 118 Å². The first-order valence-corrected chi connectivity index (χ1v) is 7.53. The summed E-state index contributed by atoms with van der Waals surface area (Å²) in [7, 11) is -3.87. The molecular weight excluding hydrogens is 284 g/mol. The standard InChI is InChI=1S/C12H18N2O5S/c1-9(2)13(6-7-15)20(18,19)11-5-4-10(3)12(8-11)14(16)17/h4-5,8-9,15H,6-7H2,1-3H3. The van der Waals surface area contributed by atoms with Crippen molar-refractivity contribution >= 4 is 15.7 Å². The highest BCUT2D eigenvalue weighted by Crippen LogP contribution is 2.25. The Morgan fingerprint density at radius 3 is 2.45 bits per heavy atom. The van der Waals surface area contributed by atoms with Crippen LogP contribution in [0.4, 0.5) is 5.69 Å². The maximum Gasteiger partial charge on any atom is 0.273 e. The number of nitro groups is 1. The summed E-state index contributed by atoms with van der Waals surface area (Å²) in [5, 5.41) is 19.9. The van der Waals surface area contributed by atoms with Gasteiger partial charge in [0.2, 0.25) is 10.0 Å². The molecule has 0 saturated carbocycles. The predicted molar refractivity (Wildman–Crippen MR) is 73.9 cm³/mol. The lowest BCUT2D eigenvalue weighted by Crippen LogP contribution is -2.38. The van der Waals surface area contributed by atoms with Crippen molar-refractivity contribution in [2.45, 2.75) is 31.7 Å². The van der Waals surface area contributed by atoms with E-state index in [2.05, 4.69) is 0 Å². The molecule has 0 heterocycles. The van der Waals surface area contributed by atoms with E-state index in [-0.39, 0.29) is 29.8 Å². The molecule has 7 nitrogen and oxygen atoms in total. The fraction of sp³-hybridized carbons (Fsp3) is 0.500. The number of nitro benzene ring substituents is 1. The van der Waals surface area contributed by atoms with E-state index in [1.165, 1.54) is 12.1 Å². The second-order valence-electron chi connectivity index (χ2n) is 4.64. The van der Waals surface area contributed by atoms with E-state index in [9.17, 15) is 18.5 Å². The molecule has 0 saturated heterocycles. The van der Waals surface area contributed by atoms with Gasteiger partial charge < -0.3 is 5.11 Å². The quantitative estimate of drug-likeness (QED) is 0.630. The van der Waals surface area contributed by atoms with Gasteiger partial charge in [-0.1, -0.05) is 6.07 Å². The highest BCUT2D eigenvalue weighted by Gasteiger charge is 2.28. The minimum Gasteiger partial charge on any atom is -0.395 e. The summed E-state index contributed by atoms with van der Waals surface area (Å²) in [5.74, 6) is 0. The second kappa shape index (κ2) is 6.29. The van der Waals surface area contributed by atoms with Crippen molar-refractivity contribution < 1.29 is 18.4 Å². The SMILES string of the molecule is Cc1ccc(S(=O)(=O)N(CCO)C(C)C)cc1[N+](=O)[O-]. The first kappa shape index (κ1) is 16.5. The fourth-order valence-corrected chi connectivity index (χ4v) is 3.48. The Bertz CT molecular complexity index is 598. The lowest BCUT2D eigenvalue weighted by atomic mass is 10.2. The lowest BCUT2D eigenvalue weighted by Gasteiger charge is -2.25. The van der Waals surface area contributed by atoms with Crippen LogP contribution in [0.15, 0.2) is 23.1 Å². The van der Waals surface area contributed by atoms with Gasteiger partial charge in [0.1, 0.15) is 0 Å². The zero-order valence-corrected chi connectivity index (χ0v) is 12.4. The minimum atomic E-state index is -3.87. The summed E-state index contributed by atoms with van der Waals surface area (Å²) in [5.41, 5.74) is 0.158. The van der Waals surface area contributed by atoms with Crippen LogP contribution in [0.1, 0.15) is 19.4 Å².